The molecule has 1 N–H and O–H groups in total. The van der Waals surface area contributed by atoms with E-state index in [0.717, 1.165) is 0 Å². The number of nitrogens with zero attached hydrogens (tertiary/aromatic N) is 1. The first-order valence-corrected chi connectivity index (χ1v) is 5.67. The largest absolute Gasteiger partial charge is 0.376 e. The molecule has 1 saturated heterocycles. The van der Waals surface area contributed by atoms with E-state index in [1.165, 1.54) is 0 Å². The van der Waals surface area contributed by atoms with Gasteiger partial charge in [-0.05, 0) is 28.1 Å². The van der Waals surface area contributed by atoms with Gasteiger partial charge in [0.05, 0.1) is 25.5 Å². The van der Waals surface area contributed by atoms with Gasteiger partial charge in [0, 0.05) is 6.20 Å². The van der Waals surface area contributed by atoms with Gasteiger partial charge in [0.2, 0.25) is 0 Å². The lowest BCUT2D eigenvalue weighted by Gasteiger charge is -2.22. The summed E-state index contributed by atoms with van der Waals surface area (Å²) in [6.45, 7) is 1.29. The van der Waals surface area contributed by atoms with Gasteiger partial charge < -0.3 is 14.8 Å². The molecular formula is C10H11BrN2O3. The maximum atomic E-state index is 11.8. The Morgan fingerprint density at radius 1 is 1.56 bits per heavy atom. The van der Waals surface area contributed by atoms with Crippen molar-refractivity contribution in [2.45, 2.75) is 6.10 Å². The van der Waals surface area contributed by atoms with Crippen LogP contribution in [0.4, 0.5) is 5.69 Å². The third kappa shape index (κ3) is 2.78. The molecule has 1 atom stereocenters. The van der Waals surface area contributed by atoms with Crippen molar-refractivity contribution >= 4 is 27.5 Å². The van der Waals surface area contributed by atoms with Crippen LogP contribution >= 0.6 is 15.9 Å². The van der Waals surface area contributed by atoms with Crippen LogP contribution in [0.2, 0.25) is 0 Å². The van der Waals surface area contributed by atoms with E-state index in [9.17, 15) is 4.79 Å². The van der Waals surface area contributed by atoms with Crippen LogP contribution in [0, 0.1) is 0 Å². The minimum atomic E-state index is -0.541. The zero-order chi connectivity index (χ0) is 11.4. The number of ether oxygens (including phenoxy) is 2. The third-order valence-electron chi connectivity index (χ3n) is 2.13. The van der Waals surface area contributed by atoms with Crippen LogP contribution in [0.1, 0.15) is 0 Å². The normalized spacial score (nSPS) is 20.4. The smallest absolute Gasteiger partial charge is 0.255 e. The molecule has 0 aromatic carbocycles. The number of hydrogen-bond donors (Lipinski definition) is 1. The monoisotopic (exact) mass is 286 g/mol. The number of nitrogens with one attached hydrogen (secondary N) is 1. The third-order valence-corrected chi connectivity index (χ3v) is 2.76. The molecule has 1 aromatic heterocycles. The number of carbonyl (C=O) groups is 1. The van der Waals surface area contributed by atoms with Gasteiger partial charge in [0.15, 0.2) is 6.10 Å². The summed E-state index contributed by atoms with van der Waals surface area (Å²) < 4.78 is 11.0. The van der Waals surface area contributed by atoms with Crippen molar-refractivity contribution in [2.75, 3.05) is 25.1 Å². The summed E-state index contributed by atoms with van der Waals surface area (Å²) in [7, 11) is 0. The van der Waals surface area contributed by atoms with E-state index in [2.05, 4.69) is 26.2 Å². The summed E-state index contributed by atoms with van der Waals surface area (Å²) in [5, 5.41) is 2.73. The predicted octanol–water partition coefficient (Wildman–Crippen LogP) is 1.20. The van der Waals surface area contributed by atoms with Crippen molar-refractivity contribution in [3.05, 3.63) is 22.9 Å². The lowest BCUT2D eigenvalue weighted by Crippen LogP contribution is -2.39. The summed E-state index contributed by atoms with van der Waals surface area (Å²) in [5.74, 6) is -0.214. The molecule has 1 aliphatic heterocycles. The highest BCUT2D eigenvalue weighted by Crippen LogP contribution is 2.18. The maximum Gasteiger partial charge on any atom is 0.255 e. The molecule has 1 aliphatic rings. The van der Waals surface area contributed by atoms with Crippen molar-refractivity contribution in [2.24, 2.45) is 0 Å². The summed E-state index contributed by atoms with van der Waals surface area (Å²) in [6.07, 6.45) is 1.10. The molecule has 5 nitrogen and oxygen atoms in total. The van der Waals surface area contributed by atoms with E-state index in [1.54, 1.807) is 18.3 Å². The topological polar surface area (TPSA) is 60.5 Å². The Bertz CT molecular complexity index is 380. The number of pyridine rings is 1. The molecule has 0 saturated carbocycles. The van der Waals surface area contributed by atoms with E-state index in [1.807, 2.05) is 0 Å². The second-order valence-electron chi connectivity index (χ2n) is 3.27. The Kier molecular flexibility index (Phi) is 3.87. The SMILES string of the molecule is O=C(Nc1cccnc1Br)C1COCCO1. The number of carbonyl (C=O) groups excluding carboxylic acids is 1. The van der Waals surface area contributed by atoms with Crippen LogP contribution in [-0.2, 0) is 14.3 Å². The fourth-order valence-corrected chi connectivity index (χ4v) is 1.68. The summed E-state index contributed by atoms with van der Waals surface area (Å²) >= 11 is 3.25. The molecule has 0 radical (unpaired) electrons. The van der Waals surface area contributed by atoms with Crippen LogP contribution < -0.4 is 5.32 Å². The van der Waals surface area contributed by atoms with E-state index in [0.29, 0.717) is 30.1 Å². The highest BCUT2D eigenvalue weighted by molar-refractivity contribution is 9.10. The van der Waals surface area contributed by atoms with Crippen molar-refractivity contribution in [1.29, 1.82) is 0 Å². The lowest BCUT2D eigenvalue weighted by molar-refractivity contribution is -0.142. The number of rotatable bonds is 2. The highest BCUT2D eigenvalue weighted by atomic mass is 79.9. The van der Waals surface area contributed by atoms with Gasteiger partial charge in [-0.3, -0.25) is 4.79 Å². The van der Waals surface area contributed by atoms with Gasteiger partial charge >= 0.3 is 0 Å². The quantitative estimate of drug-likeness (QED) is 0.830. The first-order chi connectivity index (χ1) is 7.77. The van der Waals surface area contributed by atoms with Gasteiger partial charge in [0.25, 0.3) is 5.91 Å². The van der Waals surface area contributed by atoms with Gasteiger partial charge in [-0.15, -0.1) is 0 Å². The minimum Gasteiger partial charge on any atom is -0.376 e. The van der Waals surface area contributed by atoms with E-state index >= 15 is 0 Å². The summed E-state index contributed by atoms with van der Waals surface area (Å²) in [6, 6.07) is 3.51. The van der Waals surface area contributed by atoms with E-state index < -0.39 is 6.10 Å². The number of aromatic nitrogens is 1. The average Bonchev–Trinajstić information content (AvgIpc) is 2.33. The highest BCUT2D eigenvalue weighted by Gasteiger charge is 2.23. The summed E-state index contributed by atoms with van der Waals surface area (Å²) in [5.41, 5.74) is 0.627. The Balaban J connectivity index is 1.99. The molecule has 0 spiro atoms. The molecule has 2 heterocycles. The first-order valence-electron chi connectivity index (χ1n) is 4.88. The van der Waals surface area contributed by atoms with Crippen LogP contribution in [-0.4, -0.2) is 36.8 Å². The van der Waals surface area contributed by atoms with Gasteiger partial charge in [-0.25, -0.2) is 4.98 Å². The Labute approximate surface area is 101 Å². The van der Waals surface area contributed by atoms with Crippen molar-refractivity contribution in [3.63, 3.8) is 0 Å². The second-order valence-corrected chi connectivity index (χ2v) is 4.02. The Morgan fingerprint density at radius 2 is 2.44 bits per heavy atom. The second kappa shape index (κ2) is 5.38. The van der Waals surface area contributed by atoms with Crippen LogP contribution in [0.3, 0.4) is 0 Å². The fraction of sp³-hybridized carbons (Fsp3) is 0.400. The molecule has 0 aliphatic carbocycles. The molecule has 6 heteroatoms. The first kappa shape index (κ1) is 11.5. The number of anilines is 1. The molecule has 86 valence electrons. The molecule has 1 unspecified atom stereocenters. The molecule has 0 bridgehead atoms. The van der Waals surface area contributed by atoms with Gasteiger partial charge in [0.1, 0.15) is 4.60 Å². The van der Waals surface area contributed by atoms with E-state index in [-0.39, 0.29) is 5.91 Å². The standard InChI is InChI=1S/C10H11BrN2O3/c11-9-7(2-1-3-12-9)13-10(14)8-6-15-4-5-16-8/h1-3,8H,4-6H2,(H,13,14). The Morgan fingerprint density at radius 3 is 3.12 bits per heavy atom. The van der Waals surface area contributed by atoms with E-state index in [4.69, 9.17) is 9.47 Å². The number of hydrogen-bond acceptors (Lipinski definition) is 4. The van der Waals surface area contributed by atoms with Crippen molar-refractivity contribution in [1.82, 2.24) is 4.98 Å². The summed E-state index contributed by atoms with van der Waals surface area (Å²) in [4.78, 5) is 15.8. The van der Waals surface area contributed by atoms with Gasteiger partial charge in [-0.1, -0.05) is 0 Å². The Hall–Kier alpha value is -0.980. The number of amides is 1. The molecule has 1 fully saturated rings. The lowest BCUT2D eigenvalue weighted by atomic mass is 10.3. The molecule has 1 aromatic rings. The fourth-order valence-electron chi connectivity index (χ4n) is 1.33. The molecule has 2 rings (SSSR count). The van der Waals surface area contributed by atoms with Crippen LogP contribution in [0.15, 0.2) is 22.9 Å². The molecular weight excluding hydrogens is 276 g/mol. The average molecular weight is 287 g/mol. The van der Waals surface area contributed by atoms with Crippen molar-refractivity contribution < 1.29 is 14.3 Å². The minimum absolute atomic E-state index is 0.214. The van der Waals surface area contributed by atoms with Crippen LogP contribution in [0.25, 0.3) is 0 Å². The zero-order valence-corrected chi connectivity index (χ0v) is 10.1. The number of halogens is 1. The predicted molar refractivity (Wildman–Crippen MR) is 61.1 cm³/mol. The zero-order valence-electron chi connectivity index (χ0n) is 8.48. The van der Waals surface area contributed by atoms with Crippen molar-refractivity contribution in [3.8, 4) is 0 Å². The maximum absolute atomic E-state index is 11.8. The molecule has 1 amide bonds. The molecule has 16 heavy (non-hydrogen) atoms. The van der Waals surface area contributed by atoms with Crippen LogP contribution in [0.5, 0.6) is 0 Å². The van der Waals surface area contributed by atoms with Gasteiger partial charge in [-0.2, -0.15) is 0 Å².